The van der Waals surface area contributed by atoms with Crippen LogP contribution in [0.3, 0.4) is 0 Å². The fraction of sp³-hybridized carbons (Fsp3) is 0.167. The highest BCUT2D eigenvalue weighted by Gasteiger charge is 2.15. The van der Waals surface area contributed by atoms with Crippen LogP contribution in [0.15, 0.2) is 28.8 Å². The number of hydrogen-bond donors (Lipinski definition) is 2. The molecule has 0 bridgehead atoms. The number of nitrogens with one attached hydrogen (secondary N) is 1. The fourth-order valence-corrected chi connectivity index (χ4v) is 1.96. The first-order chi connectivity index (χ1) is 8.22. The summed E-state index contributed by atoms with van der Waals surface area (Å²) in [5.41, 5.74) is 8.34. The maximum Gasteiger partial charge on any atom is 0.292 e. The Hall–Kier alpha value is -2.30. The average Bonchev–Trinajstić information content (AvgIpc) is 2.75. The molecule has 17 heavy (non-hydrogen) atoms. The lowest BCUT2D eigenvalue weighted by Crippen LogP contribution is -2.18. The number of rotatable bonds is 1. The molecule has 2 aromatic rings. The Kier molecular flexibility index (Phi) is 2.11. The zero-order chi connectivity index (χ0) is 11.8. The molecule has 1 amide bonds. The van der Waals surface area contributed by atoms with Gasteiger partial charge in [0.25, 0.3) is 6.01 Å². The van der Waals surface area contributed by atoms with E-state index >= 15 is 0 Å². The molecule has 0 aliphatic carbocycles. The first kappa shape index (κ1) is 9.89. The molecule has 3 N–H and O–H groups in total. The molecule has 1 aliphatic heterocycles. The van der Waals surface area contributed by atoms with Gasteiger partial charge in [0.2, 0.25) is 5.91 Å². The number of fused-ring (bicyclic) bond motifs is 1. The molecule has 1 aromatic carbocycles. The number of oxazole rings is 1. The Bertz CT molecular complexity index is 589. The molecule has 0 saturated heterocycles. The first-order valence-corrected chi connectivity index (χ1v) is 5.37. The molecular formula is C12H11N3O2. The molecule has 0 spiro atoms. The van der Waals surface area contributed by atoms with E-state index in [9.17, 15) is 4.79 Å². The van der Waals surface area contributed by atoms with Gasteiger partial charge in [-0.2, -0.15) is 0 Å². The standard InChI is InChI=1S/C12H11N3O2/c13-12-14-6-10(17-12)8-1-3-9-7(5-8)2-4-11(16)15-9/h1,3,5-6H,2,4H2,(H2,13,14)(H,15,16). The van der Waals surface area contributed by atoms with Crippen LogP contribution in [-0.4, -0.2) is 10.9 Å². The molecule has 0 fully saturated rings. The molecule has 0 saturated carbocycles. The van der Waals surface area contributed by atoms with Gasteiger partial charge in [-0.15, -0.1) is 0 Å². The van der Waals surface area contributed by atoms with E-state index in [2.05, 4.69) is 10.3 Å². The highest BCUT2D eigenvalue weighted by Crippen LogP contribution is 2.29. The summed E-state index contributed by atoms with van der Waals surface area (Å²) in [6.45, 7) is 0. The van der Waals surface area contributed by atoms with Gasteiger partial charge in [-0.3, -0.25) is 4.79 Å². The number of anilines is 2. The number of carbonyl (C=O) groups excluding carboxylic acids is 1. The maximum absolute atomic E-state index is 11.2. The van der Waals surface area contributed by atoms with Gasteiger partial charge in [0.05, 0.1) is 6.20 Å². The predicted molar refractivity (Wildman–Crippen MR) is 63.3 cm³/mol. The van der Waals surface area contributed by atoms with Crippen LogP contribution in [0.1, 0.15) is 12.0 Å². The number of aryl methyl sites for hydroxylation is 1. The van der Waals surface area contributed by atoms with Crippen molar-refractivity contribution >= 4 is 17.6 Å². The molecule has 1 aliphatic rings. The summed E-state index contributed by atoms with van der Waals surface area (Å²) in [7, 11) is 0. The lowest BCUT2D eigenvalue weighted by Gasteiger charge is -2.16. The van der Waals surface area contributed by atoms with Gasteiger partial charge in [0.1, 0.15) is 0 Å². The van der Waals surface area contributed by atoms with Gasteiger partial charge in [0, 0.05) is 17.7 Å². The van der Waals surface area contributed by atoms with Gasteiger partial charge in [-0.05, 0) is 30.2 Å². The number of nitrogen functional groups attached to an aromatic ring is 1. The topological polar surface area (TPSA) is 81.1 Å². The Morgan fingerprint density at radius 1 is 1.35 bits per heavy atom. The van der Waals surface area contributed by atoms with E-state index in [0.717, 1.165) is 23.2 Å². The van der Waals surface area contributed by atoms with Crippen molar-refractivity contribution < 1.29 is 9.21 Å². The molecule has 1 aromatic heterocycles. The number of amides is 1. The minimum absolute atomic E-state index is 0.0640. The molecule has 0 atom stereocenters. The van der Waals surface area contributed by atoms with Crippen LogP contribution in [0.4, 0.5) is 11.7 Å². The monoisotopic (exact) mass is 229 g/mol. The van der Waals surface area contributed by atoms with Crippen LogP contribution in [0, 0.1) is 0 Å². The van der Waals surface area contributed by atoms with Crippen molar-refractivity contribution in [3.8, 4) is 11.3 Å². The number of hydrogen-bond acceptors (Lipinski definition) is 4. The normalized spacial score (nSPS) is 14.2. The van der Waals surface area contributed by atoms with E-state index in [0.29, 0.717) is 12.2 Å². The SMILES string of the molecule is Nc1ncc(-c2ccc3c(c2)CCC(=O)N3)o1. The molecule has 86 valence electrons. The molecular weight excluding hydrogens is 218 g/mol. The van der Waals surface area contributed by atoms with Crippen molar-refractivity contribution in [2.45, 2.75) is 12.8 Å². The van der Waals surface area contributed by atoms with Crippen molar-refractivity contribution in [1.82, 2.24) is 4.98 Å². The van der Waals surface area contributed by atoms with Gasteiger partial charge in [-0.25, -0.2) is 4.98 Å². The zero-order valence-corrected chi connectivity index (χ0v) is 9.06. The number of nitrogens with two attached hydrogens (primary N) is 1. The lowest BCUT2D eigenvalue weighted by molar-refractivity contribution is -0.116. The van der Waals surface area contributed by atoms with Gasteiger partial charge < -0.3 is 15.5 Å². The first-order valence-electron chi connectivity index (χ1n) is 5.37. The van der Waals surface area contributed by atoms with Crippen molar-refractivity contribution in [2.24, 2.45) is 0 Å². The van der Waals surface area contributed by atoms with Crippen molar-refractivity contribution in [3.05, 3.63) is 30.0 Å². The second-order valence-corrected chi connectivity index (χ2v) is 3.98. The number of benzene rings is 1. The Morgan fingerprint density at radius 3 is 3.00 bits per heavy atom. The minimum atomic E-state index is 0.0640. The van der Waals surface area contributed by atoms with E-state index in [-0.39, 0.29) is 11.9 Å². The summed E-state index contributed by atoms with van der Waals surface area (Å²) in [6.07, 6.45) is 2.87. The van der Waals surface area contributed by atoms with Crippen LogP contribution in [-0.2, 0) is 11.2 Å². The quantitative estimate of drug-likeness (QED) is 0.781. The van der Waals surface area contributed by atoms with Crippen LogP contribution >= 0.6 is 0 Å². The number of nitrogens with zero attached hydrogens (tertiary/aromatic N) is 1. The molecule has 3 rings (SSSR count). The van der Waals surface area contributed by atoms with Crippen molar-refractivity contribution in [1.29, 1.82) is 0 Å². The van der Waals surface area contributed by atoms with E-state index in [1.165, 1.54) is 0 Å². The summed E-state index contributed by atoms with van der Waals surface area (Å²) >= 11 is 0. The zero-order valence-electron chi connectivity index (χ0n) is 9.06. The van der Waals surface area contributed by atoms with Crippen LogP contribution in [0.2, 0.25) is 0 Å². The number of carbonyl (C=O) groups is 1. The van der Waals surface area contributed by atoms with E-state index in [1.807, 2.05) is 18.2 Å². The van der Waals surface area contributed by atoms with E-state index in [4.69, 9.17) is 10.2 Å². The molecule has 2 heterocycles. The summed E-state index contributed by atoms with van der Waals surface area (Å²) in [5, 5.41) is 2.83. The molecule has 5 heteroatoms. The van der Waals surface area contributed by atoms with Crippen LogP contribution in [0.5, 0.6) is 0 Å². The molecule has 0 unspecified atom stereocenters. The van der Waals surface area contributed by atoms with Crippen LogP contribution < -0.4 is 11.1 Å². The van der Waals surface area contributed by atoms with Crippen molar-refractivity contribution in [2.75, 3.05) is 11.1 Å². The highest BCUT2D eigenvalue weighted by atomic mass is 16.4. The van der Waals surface area contributed by atoms with Gasteiger partial charge in [0.15, 0.2) is 5.76 Å². The van der Waals surface area contributed by atoms with Gasteiger partial charge >= 0.3 is 0 Å². The van der Waals surface area contributed by atoms with Crippen molar-refractivity contribution in [3.63, 3.8) is 0 Å². The Morgan fingerprint density at radius 2 is 2.24 bits per heavy atom. The predicted octanol–water partition coefficient (Wildman–Crippen LogP) is 1.81. The molecule has 0 radical (unpaired) electrons. The Labute approximate surface area is 97.6 Å². The largest absolute Gasteiger partial charge is 0.424 e. The summed E-state index contributed by atoms with van der Waals surface area (Å²) in [4.78, 5) is 15.1. The fourth-order valence-electron chi connectivity index (χ4n) is 1.96. The third kappa shape index (κ3) is 1.75. The minimum Gasteiger partial charge on any atom is -0.424 e. The molecule has 5 nitrogen and oxygen atoms in total. The third-order valence-electron chi connectivity index (χ3n) is 2.81. The third-order valence-corrected chi connectivity index (χ3v) is 2.81. The average molecular weight is 229 g/mol. The highest BCUT2D eigenvalue weighted by molar-refractivity contribution is 5.94. The summed E-state index contributed by atoms with van der Waals surface area (Å²) < 4.78 is 5.26. The van der Waals surface area contributed by atoms with E-state index < -0.39 is 0 Å². The smallest absolute Gasteiger partial charge is 0.292 e. The second kappa shape index (κ2) is 3.62. The van der Waals surface area contributed by atoms with Crippen LogP contribution in [0.25, 0.3) is 11.3 Å². The van der Waals surface area contributed by atoms with Gasteiger partial charge in [-0.1, -0.05) is 0 Å². The second-order valence-electron chi connectivity index (χ2n) is 3.98. The summed E-state index contributed by atoms with van der Waals surface area (Å²) in [6, 6.07) is 5.91. The number of aromatic nitrogens is 1. The van der Waals surface area contributed by atoms with E-state index in [1.54, 1.807) is 6.20 Å². The Balaban J connectivity index is 2.01. The maximum atomic E-state index is 11.2. The lowest BCUT2D eigenvalue weighted by atomic mass is 10.00. The summed E-state index contributed by atoms with van der Waals surface area (Å²) in [5.74, 6) is 0.705.